The molecule has 0 aliphatic heterocycles. The summed E-state index contributed by atoms with van der Waals surface area (Å²) in [4.78, 5) is 0. The van der Waals surface area contributed by atoms with Gasteiger partial charge in [0, 0.05) is 18.1 Å². The van der Waals surface area contributed by atoms with Crippen molar-refractivity contribution >= 4 is 0 Å². The van der Waals surface area contributed by atoms with Crippen LogP contribution < -0.4 is 21.5 Å². The van der Waals surface area contributed by atoms with Gasteiger partial charge in [-0.25, -0.2) is 4.57 Å². The quantitative estimate of drug-likeness (QED) is 0.495. The highest BCUT2D eigenvalue weighted by Crippen LogP contribution is 1.94. The molecule has 0 fully saturated rings. The van der Waals surface area contributed by atoms with Crippen LogP contribution in [0, 0.1) is 6.92 Å². The first-order valence-electron chi connectivity index (χ1n) is 4.78. The Bertz CT molecular complexity index is 235. The zero-order chi connectivity index (χ0) is 8.81. The smallest absolute Gasteiger partial charge is 0.171 e. The molecule has 0 saturated carbocycles. The average Bonchev–Trinajstić information content (AvgIpc) is 2.05. The fourth-order valence-electron chi connectivity index (χ4n) is 1.34. The summed E-state index contributed by atoms with van der Waals surface area (Å²) in [6.45, 7) is 5.53. The molecule has 13 heavy (non-hydrogen) atoms. The molecule has 0 spiro atoms. The van der Waals surface area contributed by atoms with Crippen molar-refractivity contribution in [2.45, 2.75) is 39.7 Å². The molecule has 0 N–H and O–H groups in total. The van der Waals surface area contributed by atoms with Crippen LogP contribution in [0.25, 0.3) is 0 Å². The zero-order valence-corrected chi connectivity index (χ0v) is 10.0. The summed E-state index contributed by atoms with van der Waals surface area (Å²) in [7, 11) is 0. The number of hydrogen-bond acceptors (Lipinski definition) is 0. The van der Waals surface area contributed by atoms with Gasteiger partial charge in [-0.3, -0.25) is 0 Å². The van der Waals surface area contributed by atoms with Crippen molar-refractivity contribution in [1.82, 2.24) is 0 Å². The minimum atomic E-state index is 0. The van der Waals surface area contributed by atoms with Gasteiger partial charge in [0.15, 0.2) is 12.4 Å². The molecule has 74 valence electrons. The van der Waals surface area contributed by atoms with E-state index in [4.69, 9.17) is 0 Å². The molecular weight excluding hydrogens is 226 g/mol. The number of pyridine rings is 1. The minimum absolute atomic E-state index is 0. The number of aryl methyl sites for hydroxylation is 2. The Hall–Kier alpha value is -0.370. The van der Waals surface area contributed by atoms with Gasteiger partial charge in [-0.05, 0) is 19.4 Å². The van der Waals surface area contributed by atoms with Gasteiger partial charge in [-0.2, -0.15) is 0 Å². The van der Waals surface area contributed by atoms with E-state index in [1.165, 1.54) is 24.8 Å². The van der Waals surface area contributed by atoms with E-state index in [0.29, 0.717) is 0 Å². The van der Waals surface area contributed by atoms with Gasteiger partial charge in [0.25, 0.3) is 0 Å². The van der Waals surface area contributed by atoms with Crippen LogP contribution in [0.4, 0.5) is 0 Å². The highest BCUT2D eigenvalue weighted by molar-refractivity contribution is 5.01. The van der Waals surface area contributed by atoms with Crippen LogP contribution in [0.2, 0.25) is 0 Å². The first-order chi connectivity index (χ1) is 5.83. The maximum atomic E-state index is 2.27. The maximum absolute atomic E-state index is 2.27. The molecule has 0 unspecified atom stereocenters. The predicted molar refractivity (Wildman–Crippen MR) is 50.9 cm³/mol. The Morgan fingerprint density at radius 2 is 2.08 bits per heavy atom. The van der Waals surface area contributed by atoms with Gasteiger partial charge in [-0.15, -0.1) is 0 Å². The van der Waals surface area contributed by atoms with Crippen LogP contribution in [0.15, 0.2) is 24.5 Å². The molecule has 1 aromatic rings. The topological polar surface area (TPSA) is 3.88 Å². The number of nitrogens with zero attached hydrogens (tertiary/aromatic N) is 1. The molecule has 1 rings (SSSR count). The number of unbranched alkanes of at least 4 members (excludes halogenated alkanes) is 2. The molecule has 0 bridgehead atoms. The SMILES string of the molecule is CCCCC[n+]1cccc(C)c1.[Br-]. The summed E-state index contributed by atoms with van der Waals surface area (Å²) in [6, 6.07) is 4.25. The van der Waals surface area contributed by atoms with Gasteiger partial charge in [0.05, 0.1) is 0 Å². The molecule has 0 aromatic carbocycles. The molecule has 1 heterocycles. The van der Waals surface area contributed by atoms with E-state index in [9.17, 15) is 0 Å². The molecule has 0 radical (unpaired) electrons. The van der Waals surface area contributed by atoms with Crippen molar-refractivity contribution in [3.05, 3.63) is 30.1 Å². The fraction of sp³-hybridized carbons (Fsp3) is 0.545. The van der Waals surface area contributed by atoms with Gasteiger partial charge >= 0.3 is 0 Å². The van der Waals surface area contributed by atoms with E-state index >= 15 is 0 Å². The number of rotatable bonds is 4. The Morgan fingerprint density at radius 1 is 1.31 bits per heavy atom. The molecule has 0 aliphatic rings. The van der Waals surface area contributed by atoms with Crippen LogP contribution in [0.1, 0.15) is 31.7 Å². The second-order valence-corrected chi connectivity index (χ2v) is 3.33. The van der Waals surface area contributed by atoms with Crippen molar-refractivity contribution in [1.29, 1.82) is 0 Å². The average molecular weight is 244 g/mol. The molecule has 0 amide bonds. The summed E-state index contributed by atoms with van der Waals surface area (Å²) in [5.41, 5.74) is 1.34. The van der Waals surface area contributed by atoms with Crippen molar-refractivity contribution in [2.75, 3.05) is 0 Å². The van der Waals surface area contributed by atoms with Gasteiger partial charge in [0.2, 0.25) is 0 Å². The molecule has 0 aliphatic carbocycles. The lowest BCUT2D eigenvalue weighted by molar-refractivity contribution is -0.697. The first-order valence-corrected chi connectivity index (χ1v) is 4.78. The van der Waals surface area contributed by atoms with Crippen molar-refractivity contribution in [2.24, 2.45) is 0 Å². The predicted octanol–water partition coefficient (Wildman–Crippen LogP) is -0.523. The lowest BCUT2D eigenvalue weighted by atomic mass is 10.2. The number of halogens is 1. The molecular formula is C11H18BrN. The minimum Gasteiger partial charge on any atom is -1.00 e. The van der Waals surface area contributed by atoms with E-state index in [2.05, 4.69) is 42.9 Å². The van der Waals surface area contributed by atoms with E-state index in [1.54, 1.807) is 0 Å². The van der Waals surface area contributed by atoms with Crippen LogP contribution in [0.3, 0.4) is 0 Å². The molecule has 1 aromatic heterocycles. The van der Waals surface area contributed by atoms with E-state index in [-0.39, 0.29) is 17.0 Å². The summed E-state index contributed by atoms with van der Waals surface area (Å²) in [5.74, 6) is 0. The van der Waals surface area contributed by atoms with Gasteiger partial charge < -0.3 is 17.0 Å². The van der Waals surface area contributed by atoms with Gasteiger partial charge in [-0.1, -0.05) is 13.3 Å². The second-order valence-electron chi connectivity index (χ2n) is 3.33. The highest BCUT2D eigenvalue weighted by Gasteiger charge is 1.98. The molecule has 2 heteroatoms. The Balaban J connectivity index is 0.00000144. The number of aromatic nitrogens is 1. The Morgan fingerprint density at radius 3 is 2.69 bits per heavy atom. The van der Waals surface area contributed by atoms with Crippen molar-refractivity contribution < 1.29 is 21.5 Å². The lowest BCUT2D eigenvalue weighted by Gasteiger charge is -1.96. The van der Waals surface area contributed by atoms with Gasteiger partial charge in [0.1, 0.15) is 6.54 Å². The maximum Gasteiger partial charge on any atom is 0.171 e. The third kappa shape index (κ3) is 5.04. The Labute approximate surface area is 91.6 Å². The molecule has 1 nitrogen and oxygen atoms in total. The number of hydrogen-bond donors (Lipinski definition) is 0. The fourth-order valence-corrected chi connectivity index (χ4v) is 1.34. The monoisotopic (exact) mass is 243 g/mol. The van der Waals surface area contributed by atoms with Crippen molar-refractivity contribution in [3.8, 4) is 0 Å². The van der Waals surface area contributed by atoms with Crippen LogP contribution in [-0.4, -0.2) is 0 Å². The summed E-state index contributed by atoms with van der Waals surface area (Å²) >= 11 is 0. The second kappa shape index (κ2) is 7.07. The van der Waals surface area contributed by atoms with E-state index in [1.807, 2.05) is 0 Å². The largest absolute Gasteiger partial charge is 1.00 e. The molecule has 0 atom stereocenters. The first kappa shape index (κ1) is 12.6. The van der Waals surface area contributed by atoms with Crippen molar-refractivity contribution in [3.63, 3.8) is 0 Å². The van der Waals surface area contributed by atoms with E-state index in [0.717, 1.165) is 6.54 Å². The molecule has 0 saturated heterocycles. The highest BCUT2D eigenvalue weighted by atomic mass is 79.9. The third-order valence-corrected chi connectivity index (χ3v) is 2.03. The normalized spacial score (nSPS) is 9.38. The van der Waals surface area contributed by atoms with E-state index < -0.39 is 0 Å². The summed E-state index contributed by atoms with van der Waals surface area (Å²) < 4.78 is 2.27. The van der Waals surface area contributed by atoms with Crippen LogP contribution >= 0.6 is 0 Å². The van der Waals surface area contributed by atoms with Crippen LogP contribution in [0.5, 0.6) is 0 Å². The lowest BCUT2D eigenvalue weighted by Crippen LogP contribution is -3.00. The standard InChI is InChI=1S/C11H18N.BrH/c1-3-4-5-8-12-9-6-7-11(2)10-12;/h6-7,9-10H,3-5,8H2,1-2H3;1H/q+1;/p-1. The third-order valence-electron chi connectivity index (χ3n) is 2.03. The summed E-state index contributed by atoms with van der Waals surface area (Å²) in [6.07, 6.45) is 8.27. The summed E-state index contributed by atoms with van der Waals surface area (Å²) in [5, 5.41) is 0. The Kier molecular flexibility index (Phi) is 6.87. The zero-order valence-electron chi connectivity index (χ0n) is 8.46. The van der Waals surface area contributed by atoms with Crippen LogP contribution in [-0.2, 0) is 6.54 Å².